The summed E-state index contributed by atoms with van der Waals surface area (Å²) < 4.78 is 16.1. The van der Waals surface area contributed by atoms with E-state index in [1.54, 1.807) is 7.11 Å². The van der Waals surface area contributed by atoms with Crippen molar-refractivity contribution in [3.63, 3.8) is 0 Å². The fourth-order valence-corrected chi connectivity index (χ4v) is 2.23. The van der Waals surface area contributed by atoms with Crippen molar-refractivity contribution in [1.29, 1.82) is 0 Å². The van der Waals surface area contributed by atoms with Crippen LogP contribution in [0.3, 0.4) is 0 Å². The lowest BCUT2D eigenvalue weighted by Crippen LogP contribution is -2.39. The molecule has 0 saturated heterocycles. The molecule has 0 aliphatic carbocycles. The molecule has 0 saturated carbocycles. The first-order valence-corrected chi connectivity index (χ1v) is 7.01. The largest absolute Gasteiger partial charge is 0.493 e. The molecule has 20 heavy (non-hydrogen) atoms. The summed E-state index contributed by atoms with van der Waals surface area (Å²) in [6, 6.07) is 3.87. The van der Waals surface area contributed by atoms with Crippen LogP contribution in [0.1, 0.15) is 32.3 Å². The first-order valence-electron chi connectivity index (χ1n) is 7.01. The molecule has 1 aliphatic rings. The van der Waals surface area contributed by atoms with Gasteiger partial charge in [-0.2, -0.15) is 0 Å². The minimum atomic E-state index is -0.638. The SMILES string of the molecule is CCC(O)(CC)CNCc1cc(OC)c2c(c1)OCO2. The molecule has 0 aromatic heterocycles. The van der Waals surface area contributed by atoms with E-state index in [0.29, 0.717) is 30.3 Å². The number of fused-ring (bicyclic) bond motifs is 1. The lowest BCUT2D eigenvalue weighted by molar-refractivity contribution is 0.0323. The number of rotatable bonds is 7. The fraction of sp³-hybridized carbons (Fsp3) is 0.600. The van der Waals surface area contributed by atoms with E-state index in [1.807, 2.05) is 26.0 Å². The van der Waals surface area contributed by atoms with Gasteiger partial charge < -0.3 is 24.6 Å². The van der Waals surface area contributed by atoms with Crippen LogP contribution in [0, 0.1) is 0 Å². The number of hydrogen-bond acceptors (Lipinski definition) is 5. The van der Waals surface area contributed by atoms with E-state index in [4.69, 9.17) is 14.2 Å². The Kier molecular flexibility index (Phi) is 4.73. The highest BCUT2D eigenvalue weighted by molar-refractivity contribution is 5.55. The van der Waals surface area contributed by atoms with Crippen molar-refractivity contribution in [3.05, 3.63) is 17.7 Å². The monoisotopic (exact) mass is 281 g/mol. The van der Waals surface area contributed by atoms with Gasteiger partial charge >= 0.3 is 0 Å². The average molecular weight is 281 g/mol. The van der Waals surface area contributed by atoms with Gasteiger partial charge in [0.05, 0.1) is 12.7 Å². The predicted octanol–water partition coefficient (Wildman–Crippen LogP) is 2.06. The average Bonchev–Trinajstić information content (AvgIpc) is 2.94. The molecule has 0 amide bonds. The van der Waals surface area contributed by atoms with Gasteiger partial charge in [0.2, 0.25) is 12.5 Å². The number of nitrogens with one attached hydrogen (secondary N) is 1. The van der Waals surface area contributed by atoms with Crippen LogP contribution in [-0.4, -0.2) is 31.2 Å². The summed E-state index contributed by atoms with van der Waals surface area (Å²) in [5.41, 5.74) is 0.404. The third-order valence-corrected chi connectivity index (χ3v) is 3.82. The second-order valence-corrected chi connectivity index (χ2v) is 5.07. The first-order chi connectivity index (χ1) is 9.61. The minimum absolute atomic E-state index is 0.230. The third kappa shape index (κ3) is 3.16. The van der Waals surface area contributed by atoms with E-state index in [1.165, 1.54) is 0 Å². The normalized spacial score (nSPS) is 13.6. The smallest absolute Gasteiger partial charge is 0.231 e. The van der Waals surface area contributed by atoms with Crippen LogP contribution in [0.4, 0.5) is 0 Å². The van der Waals surface area contributed by atoms with E-state index in [0.717, 1.165) is 18.4 Å². The number of benzene rings is 1. The summed E-state index contributed by atoms with van der Waals surface area (Å²) in [5, 5.41) is 13.5. The second-order valence-electron chi connectivity index (χ2n) is 5.07. The van der Waals surface area contributed by atoms with Crippen molar-refractivity contribution >= 4 is 0 Å². The number of methoxy groups -OCH3 is 1. The molecule has 5 nitrogen and oxygen atoms in total. The van der Waals surface area contributed by atoms with E-state index in [9.17, 15) is 5.11 Å². The molecule has 2 N–H and O–H groups in total. The van der Waals surface area contributed by atoms with Gasteiger partial charge in [0.1, 0.15) is 0 Å². The van der Waals surface area contributed by atoms with Gasteiger partial charge in [0, 0.05) is 13.1 Å². The zero-order chi connectivity index (χ0) is 14.6. The van der Waals surface area contributed by atoms with Crippen molar-refractivity contribution in [2.45, 2.75) is 38.8 Å². The van der Waals surface area contributed by atoms with Crippen molar-refractivity contribution in [3.8, 4) is 17.2 Å². The zero-order valence-corrected chi connectivity index (χ0v) is 12.4. The number of aliphatic hydroxyl groups is 1. The highest BCUT2D eigenvalue weighted by Gasteiger charge is 2.22. The van der Waals surface area contributed by atoms with E-state index in [-0.39, 0.29) is 6.79 Å². The Labute approximate surface area is 119 Å². The molecular weight excluding hydrogens is 258 g/mol. The van der Waals surface area contributed by atoms with Gasteiger partial charge in [-0.15, -0.1) is 0 Å². The number of ether oxygens (including phenoxy) is 3. The maximum Gasteiger partial charge on any atom is 0.231 e. The molecule has 0 radical (unpaired) electrons. The van der Waals surface area contributed by atoms with Gasteiger partial charge in [-0.25, -0.2) is 0 Å². The van der Waals surface area contributed by atoms with Crippen LogP contribution in [0.5, 0.6) is 17.2 Å². The van der Waals surface area contributed by atoms with Crippen LogP contribution in [0.15, 0.2) is 12.1 Å². The van der Waals surface area contributed by atoms with Crippen molar-refractivity contribution in [2.24, 2.45) is 0 Å². The molecule has 2 rings (SSSR count). The van der Waals surface area contributed by atoms with Crippen LogP contribution in [0.25, 0.3) is 0 Å². The molecule has 0 spiro atoms. The summed E-state index contributed by atoms with van der Waals surface area (Å²) in [4.78, 5) is 0. The van der Waals surface area contributed by atoms with Crippen molar-refractivity contribution in [2.75, 3.05) is 20.4 Å². The van der Waals surface area contributed by atoms with Crippen molar-refractivity contribution in [1.82, 2.24) is 5.32 Å². The lowest BCUT2D eigenvalue weighted by atomic mass is 9.97. The Balaban J connectivity index is 2.00. The van der Waals surface area contributed by atoms with Gasteiger partial charge in [0.15, 0.2) is 11.5 Å². The highest BCUT2D eigenvalue weighted by atomic mass is 16.7. The van der Waals surface area contributed by atoms with Gasteiger partial charge in [-0.05, 0) is 30.5 Å². The quantitative estimate of drug-likeness (QED) is 0.801. The molecule has 1 aromatic rings. The van der Waals surface area contributed by atoms with Crippen molar-refractivity contribution < 1.29 is 19.3 Å². The molecule has 1 aromatic carbocycles. The topological polar surface area (TPSA) is 60.0 Å². The van der Waals surface area contributed by atoms with Crippen LogP contribution in [0.2, 0.25) is 0 Å². The zero-order valence-electron chi connectivity index (χ0n) is 12.4. The summed E-state index contributed by atoms with van der Waals surface area (Å²) in [7, 11) is 1.61. The Morgan fingerprint density at radius 3 is 2.70 bits per heavy atom. The maximum absolute atomic E-state index is 10.2. The first kappa shape index (κ1) is 14.9. The predicted molar refractivity (Wildman–Crippen MR) is 76.4 cm³/mol. The molecule has 0 atom stereocenters. The third-order valence-electron chi connectivity index (χ3n) is 3.82. The Morgan fingerprint density at radius 1 is 1.30 bits per heavy atom. The highest BCUT2D eigenvalue weighted by Crippen LogP contribution is 2.41. The van der Waals surface area contributed by atoms with Crippen LogP contribution < -0.4 is 19.5 Å². The maximum atomic E-state index is 10.2. The Morgan fingerprint density at radius 2 is 2.05 bits per heavy atom. The summed E-state index contributed by atoms with van der Waals surface area (Å²) >= 11 is 0. The molecule has 0 unspecified atom stereocenters. The molecule has 0 bridgehead atoms. The number of hydrogen-bond donors (Lipinski definition) is 2. The van der Waals surface area contributed by atoms with E-state index >= 15 is 0 Å². The van der Waals surface area contributed by atoms with Gasteiger partial charge in [-0.3, -0.25) is 0 Å². The Bertz CT molecular complexity index is 457. The molecule has 1 heterocycles. The van der Waals surface area contributed by atoms with E-state index in [2.05, 4.69) is 5.32 Å². The molecule has 1 aliphatic heterocycles. The van der Waals surface area contributed by atoms with Crippen LogP contribution in [-0.2, 0) is 6.54 Å². The van der Waals surface area contributed by atoms with Gasteiger partial charge in [0.25, 0.3) is 0 Å². The van der Waals surface area contributed by atoms with Crippen LogP contribution >= 0.6 is 0 Å². The van der Waals surface area contributed by atoms with E-state index < -0.39 is 5.60 Å². The lowest BCUT2D eigenvalue weighted by Gasteiger charge is -2.25. The fourth-order valence-electron chi connectivity index (χ4n) is 2.23. The summed E-state index contributed by atoms with van der Waals surface area (Å²) in [6.07, 6.45) is 1.47. The molecule has 112 valence electrons. The molecule has 5 heteroatoms. The summed E-state index contributed by atoms with van der Waals surface area (Å²) in [6.45, 7) is 5.43. The molecular formula is C15H23NO4. The standard InChI is InChI=1S/C15H23NO4/c1-4-15(17,5-2)9-16-8-11-6-12(18-3)14-13(7-11)19-10-20-14/h6-7,16-17H,4-5,8-10H2,1-3H3. The minimum Gasteiger partial charge on any atom is -0.493 e. The molecule has 0 fully saturated rings. The van der Waals surface area contributed by atoms with Gasteiger partial charge in [-0.1, -0.05) is 13.8 Å². The summed E-state index contributed by atoms with van der Waals surface area (Å²) in [5.74, 6) is 2.05. The Hall–Kier alpha value is -1.46. The second kappa shape index (κ2) is 6.33.